The molecule has 0 aliphatic carbocycles. The van der Waals surface area contributed by atoms with E-state index in [-0.39, 0.29) is 11.6 Å². The van der Waals surface area contributed by atoms with Gasteiger partial charge in [-0.25, -0.2) is 19.2 Å². The summed E-state index contributed by atoms with van der Waals surface area (Å²) in [5.41, 5.74) is 2.10. The first kappa shape index (κ1) is 19.8. The molecule has 148 valence electrons. The van der Waals surface area contributed by atoms with E-state index in [0.29, 0.717) is 24.5 Å². The molecular formula is C19H21F2N5O2. The minimum absolute atomic E-state index is 0.128. The molecule has 0 saturated carbocycles. The summed E-state index contributed by atoms with van der Waals surface area (Å²) in [5.74, 6) is -1.05. The minimum Gasteiger partial charge on any atom is -0.365 e. The molecule has 0 radical (unpaired) electrons. The zero-order valence-electron chi connectivity index (χ0n) is 15.1. The molecule has 1 saturated heterocycles. The predicted molar refractivity (Wildman–Crippen MR) is 99.5 cm³/mol. The zero-order chi connectivity index (χ0) is 19.9. The van der Waals surface area contributed by atoms with Gasteiger partial charge in [0.25, 0.3) is 5.91 Å². The van der Waals surface area contributed by atoms with Gasteiger partial charge < -0.3 is 10.2 Å². The third-order valence-corrected chi connectivity index (χ3v) is 4.55. The molecule has 2 heterocycles. The number of hydroxylamine groups is 1. The highest BCUT2D eigenvalue weighted by atomic mass is 19.1. The van der Waals surface area contributed by atoms with Gasteiger partial charge in [0.1, 0.15) is 17.5 Å². The Morgan fingerprint density at radius 1 is 1.29 bits per heavy atom. The van der Waals surface area contributed by atoms with E-state index >= 15 is 0 Å². The highest BCUT2D eigenvalue weighted by molar-refractivity contribution is 5.90. The van der Waals surface area contributed by atoms with Crippen molar-refractivity contribution in [2.45, 2.75) is 18.9 Å². The van der Waals surface area contributed by atoms with E-state index in [9.17, 15) is 13.6 Å². The minimum atomic E-state index is -0.648. The first-order valence-corrected chi connectivity index (χ1v) is 8.91. The van der Waals surface area contributed by atoms with Gasteiger partial charge >= 0.3 is 0 Å². The van der Waals surface area contributed by atoms with Gasteiger partial charge in [0.2, 0.25) is 0 Å². The van der Waals surface area contributed by atoms with Crippen molar-refractivity contribution in [1.82, 2.24) is 20.3 Å². The van der Waals surface area contributed by atoms with Crippen molar-refractivity contribution in [2.24, 2.45) is 0 Å². The van der Waals surface area contributed by atoms with Crippen LogP contribution in [0.2, 0.25) is 0 Å². The Morgan fingerprint density at radius 3 is 2.75 bits per heavy atom. The lowest BCUT2D eigenvalue weighted by Crippen LogP contribution is -2.28. The average Bonchev–Trinajstić information content (AvgIpc) is 3.14. The predicted octanol–water partition coefficient (Wildman–Crippen LogP) is 2.00. The summed E-state index contributed by atoms with van der Waals surface area (Å²) in [7, 11) is 0. The molecule has 1 amide bonds. The van der Waals surface area contributed by atoms with Crippen molar-refractivity contribution in [3.05, 3.63) is 59.6 Å². The third-order valence-electron chi connectivity index (χ3n) is 4.55. The molecular weight excluding hydrogens is 368 g/mol. The Balaban J connectivity index is 1.48. The number of anilines is 1. The van der Waals surface area contributed by atoms with Crippen LogP contribution in [0.3, 0.4) is 0 Å². The van der Waals surface area contributed by atoms with Gasteiger partial charge in [-0.3, -0.25) is 15.0 Å². The van der Waals surface area contributed by atoms with E-state index in [4.69, 9.17) is 5.21 Å². The smallest absolute Gasteiger partial charge is 0.267 e. The number of hydrogen-bond acceptors (Lipinski definition) is 6. The summed E-state index contributed by atoms with van der Waals surface area (Å²) in [6.07, 6.45) is 6.87. The van der Waals surface area contributed by atoms with Crippen molar-refractivity contribution >= 4 is 17.8 Å². The van der Waals surface area contributed by atoms with Gasteiger partial charge in [-0.2, -0.15) is 0 Å². The maximum Gasteiger partial charge on any atom is 0.267 e. The molecule has 3 rings (SSSR count). The van der Waals surface area contributed by atoms with Crippen LogP contribution in [0.15, 0.2) is 36.7 Å². The van der Waals surface area contributed by atoms with Crippen LogP contribution in [-0.2, 0) is 11.2 Å². The SMILES string of the molecule is O=C(C=Cc1cnc(N[C@@H]2CCN(CCc3c(F)cccc3F)C2)cn1)NO. The molecule has 3 N–H and O–H groups in total. The number of likely N-dealkylation sites (tertiary alicyclic amines) is 1. The van der Waals surface area contributed by atoms with Crippen LogP contribution < -0.4 is 10.8 Å². The Morgan fingerprint density at radius 2 is 2.07 bits per heavy atom. The first-order chi connectivity index (χ1) is 13.5. The molecule has 0 spiro atoms. The van der Waals surface area contributed by atoms with E-state index in [1.54, 1.807) is 6.20 Å². The normalized spacial score (nSPS) is 17.2. The molecule has 28 heavy (non-hydrogen) atoms. The van der Waals surface area contributed by atoms with Crippen LogP contribution in [-0.4, -0.2) is 51.7 Å². The number of rotatable bonds is 7. The van der Waals surface area contributed by atoms with E-state index < -0.39 is 17.5 Å². The maximum atomic E-state index is 13.7. The van der Waals surface area contributed by atoms with Crippen molar-refractivity contribution < 1.29 is 18.8 Å². The van der Waals surface area contributed by atoms with E-state index in [0.717, 1.165) is 25.6 Å². The molecule has 1 aromatic carbocycles. The summed E-state index contributed by atoms with van der Waals surface area (Å²) >= 11 is 0. The fraction of sp³-hybridized carbons (Fsp3) is 0.316. The molecule has 0 bridgehead atoms. The van der Waals surface area contributed by atoms with Crippen LogP contribution >= 0.6 is 0 Å². The molecule has 1 aromatic heterocycles. The standard InChI is InChI=1S/C19H21F2N5O2/c20-16-2-1-3-17(21)15(16)7-9-26-8-6-14(12-26)24-18-11-22-13(10-23-18)4-5-19(27)25-28/h1-5,10-11,14,28H,6-9,12H2,(H,23,24)(H,25,27)/t14-/m1/s1. The van der Waals surface area contributed by atoms with Crippen LogP contribution in [0.4, 0.5) is 14.6 Å². The van der Waals surface area contributed by atoms with Crippen LogP contribution in [0.25, 0.3) is 6.08 Å². The van der Waals surface area contributed by atoms with E-state index in [2.05, 4.69) is 20.2 Å². The second-order valence-corrected chi connectivity index (χ2v) is 6.52. The first-order valence-electron chi connectivity index (χ1n) is 8.91. The summed E-state index contributed by atoms with van der Waals surface area (Å²) in [6, 6.07) is 4.09. The van der Waals surface area contributed by atoms with E-state index in [1.165, 1.54) is 36.0 Å². The number of aromatic nitrogens is 2. The lowest BCUT2D eigenvalue weighted by molar-refractivity contribution is -0.124. The fourth-order valence-electron chi connectivity index (χ4n) is 3.10. The second kappa shape index (κ2) is 9.34. The van der Waals surface area contributed by atoms with Crippen molar-refractivity contribution in [3.8, 4) is 0 Å². The summed E-state index contributed by atoms with van der Waals surface area (Å²) in [4.78, 5) is 21.5. The Labute approximate surface area is 161 Å². The lowest BCUT2D eigenvalue weighted by atomic mass is 10.1. The number of nitrogens with one attached hydrogen (secondary N) is 2. The van der Waals surface area contributed by atoms with Crippen LogP contribution in [0, 0.1) is 11.6 Å². The molecule has 1 aliphatic rings. The zero-order valence-corrected chi connectivity index (χ0v) is 15.1. The summed E-state index contributed by atoms with van der Waals surface area (Å²) in [6.45, 7) is 2.16. The van der Waals surface area contributed by atoms with Gasteiger partial charge in [0.15, 0.2) is 0 Å². The Bertz CT molecular complexity index is 824. The van der Waals surface area contributed by atoms with Gasteiger partial charge in [-0.15, -0.1) is 0 Å². The number of benzene rings is 1. The second-order valence-electron chi connectivity index (χ2n) is 6.52. The number of nitrogens with zero attached hydrogens (tertiary/aromatic N) is 3. The average molecular weight is 389 g/mol. The molecule has 7 nitrogen and oxygen atoms in total. The molecule has 9 heteroatoms. The van der Waals surface area contributed by atoms with Crippen molar-refractivity contribution in [2.75, 3.05) is 25.0 Å². The highest BCUT2D eigenvalue weighted by Gasteiger charge is 2.23. The van der Waals surface area contributed by atoms with Gasteiger partial charge in [-0.05, 0) is 31.1 Å². The van der Waals surface area contributed by atoms with Crippen molar-refractivity contribution in [3.63, 3.8) is 0 Å². The topological polar surface area (TPSA) is 90.4 Å². The van der Waals surface area contributed by atoms with Gasteiger partial charge in [-0.1, -0.05) is 6.07 Å². The molecule has 1 atom stereocenters. The Hall–Kier alpha value is -2.91. The molecule has 0 unspecified atom stereocenters. The number of amides is 1. The van der Waals surface area contributed by atoms with Gasteiger partial charge in [0, 0.05) is 37.3 Å². The number of halogens is 2. The monoisotopic (exact) mass is 389 g/mol. The summed E-state index contributed by atoms with van der Waals surface area (Å²) < 4.78 is 27.4. The number of hydrogen-bond donors (Lipinski definition) is 3. The molecule has 1 aliphatic heterocycles. The summed E-state index contributed by atoms with van der Waals surface area (Å²) in [5, 5.41) is 11.7. The van der Waals surface area contributed by atoms with Crippen molar-refractivity contribution in [1.29, 1.82) is 0 Å². The van der Waals surface area contributed by atoms with Crippen LogP contribution in [0.5, 0.6) is 0 Å². The highest BCUT2D eigenvalue weighted by Crippen LogP contribution is 2.17. The Kier molecular flexibility index (Phi) is 6.62. The maximum absolute atomic E-state index is 13.7. The molecule has 2 aromatic rings. The number of carbonyl (C=O) groups is 1. The van der Waals surface area contributed by atoms with E-state index in [1.807, 2.05) is 0 Å². The molecule has 1 fully saturated rings. The fourth-order valence-corrected chi connectivity index (χ4v) is 3.10. The quantitative estimate of drug-likeness (QED) is 0.381. The lowest BCUT2D eigenvalue weighted by Gasteiger charge is -2.17. The third kappa shape index (κ3) is 5.30. The largest absolute Gasteiger partial charge is 0.365 e. The van der Waals surface area contributed by atoms with Gasteiger partial charge in [0.05, 0.1) is 18.1 Å². The number of carbonyl (C=O) groups excluding carboxylic acids is 1. The van der Waals surface area contributed by atoms with Crippen LogP contribution in [0.1, 0.15) is 17.7 Å².